The van der Waals surface area contributed by atoms with Crippen molar-refractivity contribution >= 4 is 5.97 Å². The molecule has 0 aromatic rings. The minimum atomic E-state index is -0.386. The van der Waals surface area contributed by atoms with Crippen LogP contribution in [0.2, 0.25) is 0 Å². The van der Waals surface area contributed by atoms with Gasteiger partial charge < -0.3 is 4.74 Å². The third kappa shape index (κ3) is 7.18. The fourth-order valence-corrected chi connectivity index (χ4v) is 1.37. The molecule has 0 aliphatic rings. The van der Waals surface area contributed by atoms with Crippen LogP contribution < -0.4 is 0 Å². The van der Waals surface area contributed by atoms with E-state index in [1.165, 1.54) is 0 Å². The number of hydrogen-bond donors (Lipinski definition) is 0. The molecule has 88 valence electrons. The van der Waals surface area contributed by atoms with Gasteiger partial charge in [-0.2, -0.15) is 0 Å². The number of rotatable bonds is 6. The molecular weight excluding hydrogens is 188 g/mol. The van der Waals surface area contributed by atoms with E-state index in [0.29, 0.717) is 0 Å². The number of allylic oxidation sites excluding steroid dienone is 1. The average Bonchev–Trinajstić information content (AvgIpc) is 2.09. The number of hydrogen-bond acceptors (Lipinski definition) is 2. The fraction of sp³-hybridized carbons (Fsp3) is 0.769. The summed E-state index contributed by atoms with van der Waals surface area (Å²) in [5.74, 6) is -0.0995. The predicted octanol–water partition coefficient (Wildman–Crippen LogP) is 3.71. The first-order valence-corrected chi connectivity index (χ1v) is 5.74. The molecule has 0 spiro atoms. The van der Waals surface area contributed by atoms with E-state index in [-0.39, 0.29) is 17.5 Å². The van der Waals surface area contributed by atoms with E-state index in [1.54, 1.807) is 6.08 Å². The molecule has 0 amide bonds. The monoisotopic (exact) mass is 212 g/mol. The molecule has 0 N–H and O–H groups in total. The van der Waals surface area contributed by atoms with Crippen molar-refractivity contribution in [3.63, 3.8) is 0 Å². The summed E-state index contributed by atoms with van der Waals surface area (Å²) in [7, 11) is 0. The van der Waals surface area contributed by atoms with Gasteiger partial charge in [0.15, 0.2) is 0 Å². The van der Waals surface area contributed by atoms with Gasteiger partial charge >= 0.3 is 5.97 Å². The summed E-state index contributed by atoms with van der Waals surface area (Å²) in [4.78, 5) is 11.8. The van der Waals surface area contributed by atoms with E-state index in [1.807, 2.05) is 20.8 Å². The first kappa shape index (κ1) is 14.2. The maximum Gasteiger partial charge on any atom is 0.309 e. The summed E-state index contributed by atoms with van der Waals surface area (Å²) < 4.78 is 5.36. The third-order valence-corrected chi connectivity index (χ3v) is 2.10. The third-order valence-electron chi connectivity index (χ3n) is 2.10. The Kier molecular flexibility index (Phi) is 6.30. The lowest BCUT2D eigenvalue weighted by Crippen LogP contribution is -2.28. The van der Waals surface area contributed by atoms with Crippen molar-refractivity contribution in [3.8, 4) is 0 Å². The Balaban J connectivity index is 4.21. The van der Waals surface area contributed by atoms with Gasteiger partial charge in [-0.15, -0.1) is 6.58 Å². The van der Waals surface area contributed by atoms with Crippen LogP contribution in [-0.2, 0) is 9.53 Å². The van der Waals surface area contributed by atoms with Crippen molar-refractivity contribution in [1.29, 1.82) is 0 Å². The Labute approximate surface area is 93.7 Å². The van der Waals surface area contributed by atoms with Crippen molar-refractivity contribution in [2.45, 2.75) is 59.0 Å². The largest absolute Gasteiger partial charge is 0.460 e. The van der Waals surface area contributed by atoms with Crippen molar-refractivity contribution in [3.05, 3.63) is 12.7 Å². The van der Waals surface area contributed by atoms with Crippen LogP contribution in [0, 0.1) is 5.92 Å². The van der Waals surface area contributed by atoms with Crippen LogP contribution in [0.1, 0.15) is 53.4 Å². The fourth-order valence-electron chi connectivity index (χ4n) is 1.37. The number of carbonyl (C=O) groups excluding carboxylic acids is 1. The highest BCUT2D eigenvalue weighted by Crippen LogP contribution is 2.19. The molecule has 2 heteroatoms. The Morgan fingerprint density at radius 3 is 2.47 bits per heavy atom. The molecule has 1 unspecified atom stereocenters. The highest BCUT2D eigenvalue weighted by atomic mass is 16.6. The molecule has 0 heterocycles. The lowest BCUT2D eigenvalue weighted by atomic mass is 9.98. The Bertz CT molecular complexity index is 201. The zero-order valence-electron chi connectivity index (χ0n) is 10.5. The van der Waals surface area contributed by atoms with Gasteiger partial charge in [-0.25, -0.2) is 0 Å². The van der Waals surface area contributed by atoms with Gasteiger partial charge in [0, 0.05) is 0 Å². The smallest absolute Gasteiger partial charge is 0.309 e. The Hall–Kier alpha value is -0.790. The molecule has 0 saturated heterocycles. The molecule has 1 atom stereocenters. The molecule has 0 aliphatic carbocycles. The second-order valence-corrected chi connectivity index (χ2v) is 4.90. The van der Waals surface area contributed by atoms with E-state index in [4.69, 9.17) is 4.74 Å². The van der Waals surface area contributed by atoms with Gasteiger partial charge in [0.2, 0.25) is 0 Å². The molecule has 15 heavy (non-hydrogen) atoms. The molecule has 0 radical (unpaired) electrons. The molecule has 2 nitrogen and oxygen atoms in total. The summed E-state index contributed by atoms with van der Waals surface area (Å²) >= 11 is 0. The second kappa shape index (κ2) is 6.65. The Morgan fingerprint density at radius 1 is 1.47 bits per heavy atom. The van der Waals surface area contributed by atoms with E-state index in [0.717, 1.165) is 25.7 Å². The first-order valence-electron chi connectivity index (χ1n) is 5.74. The topological polar surface area (TPSA) is 26.3 Å². The summed E-state index contributed by atoms with van der Waals surface area (Å²) in [5.41, 5.74) is -0.386. The van der Waals surface area contributed by atoms with E-state index in [9.17, 15) is 4.79 Å². The summed E-state index contributed by atoms with van der Waals surface area (Å²) in [6.45, 7) is 11.5. The quantitative estimate of drug-likeness (QED) is 0.495. The van der Waals surface area contributed by atoms with E-state index in [2.05, 4.69) is 13.5 Å². The van der Waals surface area contributed by atoms with Gasteiger partial charge in [-0.05, 0) is 33.6 Å². The van der Waals surface area contributed by atoms with Crippen LogP contribution in [-0.4, -0.2) is 11.6 Å². The summed E-state index contributed by atoms with van der Waals surface area (Å²) in [6.07, 6.45) is 5.59. The predicted molar refractivity (Wildman–Crippen MR) is 63.7 cm³/mol. The van der Waals surface area contributed by atoms with Crippen molar-refractivity contribution in [2.75, 3.05) is 0 Å². The van der Waals surface area contributed by atoms with Crippen molar-refractivity contribution in [2.24, 2.45) is 5.92 Å². The normalized spacial score (nSPS) is 13.3. The van der Waals surface area contributed by atoms with Gasteiger partial charge in [-0.3, -0.25) is 4.79 Å². The lowest BCUT2D eigenvalue weighted by Gasteiger charge is -2.23. The number of carbonyl (C=O) groups is 1. The van der Waals surface area contributed by atoms with E-state index >= 15 is 0 Å². The minimum absolute atomic E-state index is 0.0123. The number of unbranched alkanes of at least 4 members (excludes halogenated alkanes) is 1. The SMILES string of the molecule is C=CCC(CCCC)C(=O)OC(C)(C)C. The molecular formula is C13H24O2. The highest BCUT2D eigenvalue weighted by molar-refractivity contribution is 5.73. The standard InChI is InChI=1S/C13H24O2/c1-6-8-10-11(9-7-2)12(14)15-13(3,4)5/h7,11H,2,6,8-10H2,1,3-5H3. The van der Waals surface area contributed by atoms with Crippen molar-refractivity contribution in [1.82, 2.24) is 0 Å². The van der Waals surface area contributed by atoms with Crippen LogP contribution in [0.3, 0.4) is 0 Å². The molecule has 0 rings (SSSR count). The van der Waals surface area contributed by atoms with Crippen molar-refractivity contribution < 1.29 is 9.53 Å². The average molecular weight is 212 g/mol. The number of ether oxygens (including phenoxy) is 1. The van der Waals surface area contributed by atoms with Crippen LogP contribution in [0.4, 0.5) is 0 Å². The molecule has 0 aromatic carbocycles. The highest BCUT2D eigenvalue weighted by Gasteiger charge is 2.23. The van der Waals surface area contributed by atoms with Gasteiger partial charge in [0.1, 0.15) is 5.60 Å². The zero-order valence-corrected chi connectivity index (χ0v) is 10.5. The van der Waals surface area contributed by atoms with Gasteiger partial charge in [0.05, 0.1) is 5.92 Å². The van der Waals surface area contributed by atoms with E-state index < -0.39 is 0 Å². The van der Waals surface area contributed by atoms with Crippen LogP contribution in [0.15, 0.2) is 12.7 Å². The van der Waals surface area contributed by atoms with Gasteiger partial charge in [-0.1, -0.05) is 25.8 Å². The Morgan fingerprint density at radius 2 is 2.07 bits per heavy atom. The first-order chi connectivity index (χ1) is 6.90. The minimum Gasteiger partial charge on any atom is -0.460 e. The molecule has 0 fully saturated rings. The van der Waals surface area contributed by atoms with Gasteiger partial charge in [0.25, 0.3) is 0 Å². The summed E-state index contributed by atoms with van der Waals surface area (Å²) in [5, 5.41) is 0. The van der Waals surface area contributed by atoms with Crippen LogP contribution in [0.25, 0.3) is 0 Å². The molecule has 0 bridgehead atoms. The maximum atomic E-state index is 11.8. The van der Waals surface area contributed by atoms with Crippen LogP contribution >= 0.6 is 0 Å². The molecule has 0 saturated carbocycles. The maximum absolute atomic E-state index is 11.8. The zero-order chi connectivity index (χ0) is 11.9. The summed E-state index contributed by atoms with van der Waals surface area (Å²) in [6, 6.07) is 0. The lowest BCUT2D eigenvalue weighted by molar-refractivity contribution is -0.160. The van der Waals surface area contributed by atoms with Crippen LogP contribution in [0.5, 0.6) is 0 Å². The molecule has 0 aromatic heterocycles. The molecule has 0 aliphatic heterocycles. The second-order valence-electron chi connectivity index (χ2n) is 4.90. The number of esters is 1.